The number of benzene rings is 6. The number of anilines is 9. The zero-order chi connectivity index (χ0) is 64.8. The van der Waals surface area contributed by atoms with Crippen molar-refractivity contribution >= 4 is 156 Å². The van der Waals surface area contributed by atoms with Crippen LogP contribution in [0.15, 0.2) is 171 Å². The van der Waals surface area contributed by atoms with Crippen molar-refractivity contribution in [3.05, 3.63) is 138 Å². The maximum atomic E-state index is 12.7. The lowest BCUT2D eigenvalue weighted by atomic mass is 10.0. The number of azo groups is 2. The van der Waals surface area contributed by atoms with E-state index in [-0.39, 0.29) is 83.5 Å². The number of rotatable bonds is 19. The van der Waals surface area contributed by atoms with E-state index in [0.717, 1.165) is 54.6 Å². The molecule has 0 aliphatic heterocycles. The molecule has 0 spiro atoms. The molecular weight excluding hydrogens is 1310 g/mol. The van der Waals surface area contributed by atoms with Crippen molar-refractivity contribution in [1.82, 2.24) is 19.9 Å². The van der Waals surface area contributed by atoms with Crippen molar-refractivity contribution in [1.29, 1.82) is 10.5 Å². The number of aromatic nitrogens is 4. The third-order valence-corrected chi connectivity index (χ3v) is 18.4. The van der Waals surface area contributed by atoms with Crippen molar-refractivity contribution < 1.29 is 77.8 Å². The molecule has 456 valence electrons. The number of thiophene rings is 1. The van der Waals surface area contributed by atoms with Crippen LogP contribution in [0.2, 0.25) is 0 Å². The zero-order valence-corrected chi connectivity index (χ0v) is 49.8. The molecule has 0 saturated carbocycles. The second-order valence-electron chi connectivity index (χ2n) is 18.0. The molecule has 3 aromatic heterocycles. The SMILES string of the molecule is Cc1c(C#N)c(Nc2ccc(S(=O)(=O)O)cc2)nc(Nc2ccc(S(=O)(=O)O)cc2)c1N=Nc1sc(N=Nc2cc(S(=O)(=O)O)c3cccc(S(=O)(=O)O)c3c2)c(-c2ccc(Nc3nc(N)nc(Nc4cc(S(=O)(=O)O)ccc4S(=O)(=O)O)n3)cc2)c1C#N. The molecule has 9 aromatic rings. The highest BCUT2D eigenvalue weighted by atomic mass is 32.2. The fourth-order valence-corrected chi connectivity index (χ4v) is 12.7. The first-order valence-electron chi connectivity index (χ1n) is 23.9. The van der Waals surface area contributed by atoms with E-state index in [1.165, 1.54) is 55.5 Å². The van der Waals surface area contributed by atoms with E-state index >= 15 is 0 Å². The van der Waals surface area contributed by atoms with Crippen LogP contribution >= 0.6 is 11.3 Å². The molecule has 0 bridgehead atoms. The van der Waals surface area contributed by atoms with Gasteiger partial charge in [0.05, 0.1) is 31.6 Å². The highest BCUT2D eigenvalue weighted by Gasteiger charge is 2.26. The highest BCUT2D eigenvalue weighted by Crippen LogP contribution is 2.49. The van der Waals surface area contributed by atoms with Crippen molar-refractivity contribution in [3.8, 4) is 23.3 Å². The molecule has 0 aliphatic rings. The lowest BCUT2D eigenvalue weighted by Gasteiger charge is -2.16. The second kappa shape index (κ2) is 24.0. The number of pyridine rings is 1. The smallest absolute Gasteiger partial charge is 0.296 e. The largest absolute Gasteiger partial charge is 0.368 e. The number of nitriles is 2. The Hall–Kier alpha value is -9.92. The molecule has 12 N–H and O–H groups in total. The number of nitrogens with zero attached hydrogens (tertiary/aromatic N) is 10. The van der Waals surface area contributed by atoms with Crippen LogP contribution in [-0.2, 0) is 60.7 Å². The average Bonchev–Trinajstić information content (AvgIpc) is 1.53. The van der Waals surface area contributed by atoms with Gasteiger partial charge in [0, 0.05) is 39.0 Å². The number of hydrogen-bond acceptors (Lipinski definition) is 28. The Morgan fingerprint density at radius 1 is 0.472 bits per heavy atom. The van der Waals surface area contributed by atoms with Crippen LogP contribution in [0.25, 0.3) is 21.9 Å². The third-order valence-electron chi connectivity index (χ3n) is 12.2. The van der Waals surface area contributed by atoms with E-state index in [1.807, 2.05) is 12.1 Å². The predicted octanol–water partition coefficient (Wildman–Crippen LogP) is 9.07. The summed E-state index contributed by atoms with van der Waals surface area (Å²) in [5.41, 5.74) is 4.95. The van der Waals surface area contributed by atoms with E-state index in [9.17, 15) is 88.3 Å². The maximum absolute atomic E-state index is 12.7. The maximum Gasteiger partial charge on any atom is 0.296 e. The quantitative estimate of drug-likeness (QED) is 0.0265. The summed E-state index contributed by atoms with van der Waals surface area (Å²) in [4.78, 5) is 12.3. The molecule has 0 fully saturated rings. The molecule has 0 unspecified atom stereocenters. The summed E-state index contributed by atoms with van der Waals surface area (Å²) in [6.45, 7) is 1.43. The number of nitrogen functional groups attached to an aromatic ring is 1. The van der Waals surface area contributed by atoms with Gasteiger partial charge in [-0.15, -0.1) is 20.5 Å². The van der Waals surface area contributed by atoms with Gasteiger partial charge in [0.2, 0.25) is 17.8 Å². The Morgan fingerprint density at radius 3 is 1.52 bits per heavy atom. The van der Waals surface area contributed by atoms with Crippen LogP contribution < -0.4 is 27.0 Å². The second-order valence-corrected chi connectivity index (χ2v) is 27.4. The van der Waals surface area contributed by atoms with Crippen molar-refractivity contribution in [3.63, 3.8) is 0 Å². The van der Waals surface area contributed by atoms with Crippen LogP contribution in [0.3, 0.4) is 0 Å². The first-order valence-corrected chi connectivity index (χ1v) is 33.4. The Morgan fingerprint density at radius 2 is 0.978 bits per heavy atom. The lowest BCUT2D eigenvalue weighted by Crippen LogP contribution is -2.10. The number of fused-ring (bicyclic) bond motifs is 1. The van der Waals surface area contributed by atoms with Gasteiger partial charge in [0.1, 0.15) is 43.1 Å². The molecule has 0 amide bonds. The molecule has 0 saturated heterocycles. The van der Waals surface area contributed by atoms with Gasteiger partial charge in [-0.2, -0.15) is 76.0 Å². The molecule has 89 heavy (non-hydrogen) atoms. The van der Waals surface area contributed by atoms with Gasteiger partial charge in [0.25, 0.3) is 60.7 Å². The number of nitrogens with one attached hydrogen (secondary N) is 4. The standard InChI is InChI=1S/C49H35N15O18S7/c1-24-35(22-50)43(53-26-9-13-30(14-10-26)84(65,66)67)57-44(54-27-11-15-31(16-12-27)85(68,69)70)42(24)62-63-45-36(23-51)41(46(83-45)64-61-29-19-34-33(40(20-29)89(80,81)82)3-2-4-38(34)87(74,75)76)25-5-7-28(8-6-25)55-48-58-47(52)59-49(60-48)56-37-21-32(86(71,72)73)17-18-39(37)88(77,78)79/h2-21H,1H3,(H2,53,54,57)(H,65,66,67)(H,68,69,70)(H,71,72,73)(H,74,75,76)(H,77,78,79)(H,80,81,82)(H4,52,55,56,58,59,60). The molecule has 0 radical (unpaired) electrons. The average molecular weight is 1350 g/mol. The van der Waals surface area contributed by atoms with Gasteiger partial charge in [-0.25, -0.2) is 4.98 Å². The Kier molecular flexibility index (Phi) is 17.1. The van der Waals surface area contributed by atoms with E-state index in [1.54, 1.807) is 0 Å². The van der Waals surface area contributed by atoms with Gasteiger partial charge in [-0.3, -0.25) is 27.3 Å². The molecule has 0 aliphatic carbocycles. The van der Waals surface area contributed by atoms with Crippen LogP contribution in [0.5, 0.6) is 0 Å². The Labute approximate surface area is 506 Å². The lowest BCUT2D eigenvalue weighted by molar-refractivity contribution is 0.479. The van der Waals surface area contributed by atoms with Crippen LogP contribution in [0.1, 0.15) is 16.7 Å². The fraction of sp³-hybridized carbons (Fsp3) is 0.0204. The summed E-state index contributed by atoms with van der Waals surface area (Å²) in [6, 6.07) is 26.1. The molecule has 33 nitrogen and oxygen atoms in total. The molecule has 40 heteroatoms. The highest BCUT2D eigenvalue weighted by molar-refractivity contribution is 7.87. The van der Waals surface area contributed by atoms with Gasteiger partial charge in [-0.1, -0.05) is 35.6 Å². The molecule has 6 aromatic carbocycles. The van der Waals surface area contributed by atoms with E-state index in [4.69, 9.17) is 5.73 Å². The van der Waals surface area contributed by atoms with Crippen molar-refractivity contribution in [2.24, 2.45) is 20.5 Å². The van der Waals surface area contributed by atoms with Crippen molar-refractivity contribution in [2.45, 2.75) is 36.3 Å². The first kappa shape index (κ1) is 63.6. The van der Waals surface area contributed by atoms with Gasteiger partial charge in [-0.05, 0) is 110 Å². The molecule has 3 heterocycles. The van der Waals surface area contributed by atoms with Gasteiger partial charge >= 0.3 is 0 Å². The summed E-state index contributed by atoms with van der Waals surface area (Å²) < 4.78 is 205. The third kappa shape index (κ3) is 14.4. The summed E-state index contributed by atoms with van der Waals surface area (Å²) >= 11 is 0.647. The summed E-state index contributed by atoms with van der Waals surface area (Å²) in [7, 11) is -29.4. The summed E-state index contributed by atoms with van der Waals surface area (Å²) in [6.07, 6.45) is 0. The summed E-state index contributed by atoms with van der Waals surface area (Å²) in [5, 5.41) is 48.6. The topological polar surface area (TPSA) is 549 Å². The molecule has 0 atom stereocenters. The number of hydrogen-bond donors (Lipinski definition) is 11. The minimum atomic E-state index is -5.14. The van der Waals surface area contributed by atoms with Gasteiger partial charge in [0.15, 0.2) is 16.6 Å². The van der Waals surface area contributed by atoms with E-state index in [2.05, 4.69) is 61.7 Å². The minimum absolute atomic E-state index is 0.0433. The monoisotopic (exact) mass is 1350 g/mol. The Balaban J connectivity index is 1.16. The van der Waals surface area contributed by atoms with E-state index < -0.39 is 119 Å². The van der Waals surface area contributed by atoms with Crippen LogP contribution in [-0.4, -0.2) is 97.8 Å². The first-order chi connectivity index (χ1) is 41.6. The minimum Gasteiger partial charge on any atom is -0.368 e. The van der Waals surface area contributed by atoms with E-state index in [0.29, 0.717) is 29.5 Å². The Bertz CT molecular complexity index is 5300. The van der Waals surface area contributed by atoms with Crippen molar-refractivity contribution in [2.75, 3.05) is 27.0 Å². The molecular formula is C49H35N15O18S7. The van der Waals surface area contributed by atoms with Crippen LogP contribution in [0.4, 0.5) is 73.6 Å². The fourth-order valence-electron chi connectivity index (χ4n) is 8.21. The summed E-state index contributed by atoms with van der Waals surface area (Å²) in [5.74, 6) is -1.64. The molecule has 9 rings (SSSR count). The number of nitrogens with two attached hydrogens (primary N) is 1. The van der Waals surface area contributed by atoms with Crippen LogP contribution in [0, 0.1) is 29.6 Å². The normalized spacial score (nSPS) is 12.5. The van der Waals surface area contributed by atoms with Gasteiger partial charge < -0.3 is 27.0 Å². The predicted molar refractivity (Wildman–Crippen MR) is 316 cm³/mol. The zero-order valence-electron chi connectivity index (χ0n) is 44.0.